The molecule has 3 atom stereocenters. The van der Waals surface area contributed by atoms with E-state index in [-0.39, 0.29) is 11.5 Å². The third kappa shape index (κ3) is 3.62. The maximum Gasteiger partial charge on any atom is 0.189 e. The van der Waals surface area contributed by atoms with Crippen LogP contribution in [0.2, 0.25) is 0 Å². The van der Waals surface area contributed by atoms with E-state index in [9.17, 15) is 0 Å². The van der Waals surface area contributed by atoms with Gasteiger partial charge in [0.05, 0.1) is 6.61 Å². The van der Waals surface area contributed by atoms with Gasteiger partial charge in [-0.25, -0.2) is 0 Å². The minimum atomic E-state index is 0.0802. The molecule has 3 heteroatoms. The monoisotopic (exact) mass is 331 g/mol. The SMILES string of the molecule is CC(C)COCOc1ccc2c(c1)[C@@]1(C)CCCCC[C@@H](C2)[C@@H]1N. The largest absolute Gasteiger partial charge is 0.468 e. The summed E-state index contributed by atoms with van der Waals surface area (Å²) >= 11 is 0. The summed E-state index contributed by atoms with van der Waals surface area (Å²) in [4.78, 5) is 0. The molecule has 1 fully saturated rings. The molecular formula is C21H33NO2. The Kier molecular flexibility index (Phi) is 5.51. The molecule has 0 aliphatic heterocycles. The Morgan fingerprint density at radius 3 is 2.88 bits per heavy atom. The van der Waals surface area contributed by atoms with Crippen LogP contribution < -0.4 is 10.5 Å². The van der Waals surface area contributed by atoms with Crippen molar-refractivity contribution in [2.45, 2.75) is 70.8 Å². The maximum absolute atomic E-state index is 6.74. The second-order valence-corrected chi connectivity index (χ2v) is 8.35. The highest BCUT2D eigenvalue weighted by Gasteiger charge is 2.43. The van der Waals surface area contributed by atoms with Gasteiger partial charge in [0.25, 0.3) is 0 Å². The molecule has 2 aliphatic rings. The van der Waals surface area contributed by atoms with Crippen LogP contribution in [0.4, 0.5) is 0 Å². The van der Waals surface area contributed by atoms with Crippen LogP contribution in [0.5, 0.6) is 5.75 Å². The van der Waals surface area contributed by atoms with Crippen molar-refractivity contribution >= 4 is 0 Å². The fourth-order valence-corrected chi connectivity index (χ4v) is 4.52. The average molecular weight is 332 g/mol. The summed E-state index contributed by atoms with van der Waals surface area (Å²) in [7, 11) is 0. The molecule has 0 aromatic heterocycles. The molecule has 2 N–H and O–H groups in total. The van der Waals surface area contributed by atoms with Gasteiger partial charge in [-0.05, 0) is 54.4 Å². The van der Waals surface area contributed by atoms with Crippen LogP contribution in [0, 0.1) is 11.8 Å². The predicted molar refractivity (Wildman–Crippen MR) is 98.3 cm³/mol. The Labute approximate surface area is 146 Å². The first-order valence-corrected chi connectivity index (χ1v) is 9.60. The Morgan fingerprint density at radius 1 is 1.25 bits per heavy atom. The number of hydrogen-bond donors (Lipinski definition) is 1. The molecule has 134 valence electrons. The lowest BCUT2D eigenvalue weighted by molar-refractivity contribution is 0.00257. The van der Waals surface area contributed by atoms with Gasteiger partial charge < -0.3 is 15.2 Å². The van der Waals surface area contributed by atoms with E-state index >= 15 is 0 Å². The van der Waals surface area contributed by atoms with Crippen LogP contribution in [-0.2, 0) is 16.6 Å². The lowest BCUT2D eigenvalue weighted by Crippen LogP contribution is -2.52. The second-order valence-electron chi connectivity index (χ2n) is 8.35. The smallest absolute Gasteiger partial charge is 0.189 e. The Hall–Kier alpha value is -1.06. The number of fused-ring (bicyclic) bond motifs is 4. The molecule has 3 rings (SSSR count). The summed E-state index contributed by atoms with van der Waals surface area (Å²) in [6, 6.07) is 6.84. The van der Waals surface area contributed by atoms with Crippen LogP contribution in [0.3, 0.4) is 0 Å². The van der Waals surface area contributed by atoms with Crippen molar-refractivity contribution in [2.75, 3.05) is 13.4 Å². The third-order valence-corrected chi connectivity index (χ3v) is 5.95. The van der Waals surface area contributed by atoms with Crippen LogP contribution >= 0.6 is 0 Å². The van der Waals surface area contributed by atoms with E-state index in [4.69, 9.17) is 15.2 Å². The molecule has 1 saturated carbocycles. The number of hydrogen-bond acceptors (Lipinski definition) is 3. The van der Waals surface area contributed by atoms with E-state index < -0.39 is 0 Å². The first-order chi connectivity index (χ1) is 11.5. The second kappa shape index (κ2) is 7.45. The number of nitrogens with two attached hydrogens (primary N) is 1. The van der Waals surface area contributed by atoms with Crippen molar-refractivity contribution in [3.63, 3.8) is 0 Å². The summed E-state index contributed by atoms with van der Waals surface area (Å²) in [5, 5.41) is 0. The van der Waals surface area contributed by atoms with E-state index in [1.165, 1.54) is 43.2 Å². The Balaban J connectivity index is 1.79. The lowest BCUT2D eigenvalue weighted by atomic mass is 9.60. The van der Waals surface area contributed by atoms with E-state index in [1.807, 2.05) is 0 Å². The maximum atomic E-state index is 6.74. The van der Waals surface area contributed by atoms with Crippen LogP contribution in [0.1, 0.15) is 64.0 Å². The van der Waals surface area contributed by atoms with Crippen LogP contribution in [-0.4, -0.2) is 19.4 Å². The fourth-order valence-electron chi connectivity index (χ4n) is 4.52. The normalized spacial score (nSPS) is 29.7. The standard InChI is InChI=1S/C21H33NO2/c1-15(2)13-23-14-24-18-9-8-16-11-17-7-5-4-6-10-21(3,20(17)22)19(16)12-18/h8-9,12,15,17,20H,4-7,10-11,13-14,22H2,1-3H3/t17-,20-,21+/m0/s1. The molecular weight excluding hydrogens is 298 g/mol. The van der Waals surface area contributed by atoms with Gasteiger partial charge in [0, 0.05) is 11.5 Å². The van der Waals surface area contributed by atoms with Crippen LogP contribution in [0.25, 0.3) is 0 Å². The highest BCUT2D eigenvalue weighted by molar-refractivity contribution is 5.44. The van der Waals surface area contributed by atoms with Gasteiger partial charge >= 0.3 is 0 Å². The lowest BCUT2D eigenvalue weighted by Gasteiger charge is -2.47. The quantitative estimate of drug-likeness (QED) is 0.642. The zero-order valence-corrected chi connectivity index (χ0v) is 15.5. The zero-order valence-electron chi connectivity index (χ0n) is 15.5. The summed E-state index contributed by atoms with van der Waals surface area (Å²) < 4.78 is 11.4. The van der Waals surface area contributed by atoms with Crippen molar-refractivity contribution in [1.82, 2.24) is 0 Å². The number of benzene rings is 1. The Bertz CT molecular complexity index is 557. The molecule has 0 unspecified atom stereocenters. The third-order valence-electron chi connectivity index (χ3n) is 5.95. The van der Waals surface area contributed by atoms with Crippen LogP contribution in [0.15, 0.2) is 18.2 Å². The summed E-state index contributed by atoms with van der Waals surface area (Å²) in [5.41, 5.74) is 9.71. The fraction of sp³-hybridized carbons (Fsp3) is 0.714. The predicted octanol–water partition coefficient (Wildman–Crippen LogP) is 4.42. The summed E-state index contributed by atoms with van der Waals surface area (Å²) in [6.45, 7) is 7.71. The zero-order chi connectivity index (χ0) is 17.2. The van der Waals surface area contributed by atoms with Gasteiger partial charge in [-0.15, -0.1) is 0 Å². The molecule has 0 radical (unpaired) electrons. The van der Waals surface area contributed by atoms with Gasteiger partial charge in [-0.2, -0.15) is 0 Å². The average Bonchev–Trinajstić information content (AvgIpc) is 2.55. The van der Waals surface area contributed by atoms with Gasteiger partial charge in [0.1, 0.15) is 5.75 Å². The van der Waals surface area contributed by atoms with Gasteiger partial charge in [0.2, 0.25) is 0 Å². The molecule has 0 spiro atoms. The van der Waals surface area contributed by atoms with E-state index in [2.05, 4.69) is 39.0 Å². The highest BCUT2D eigenvalue weighted by Crippen LogP contribution is 2.46. The minimum absolute atomic E-state index is 0.0802. The van der Waals surface area contributed by atoms with Crippen molar-refractivity contribution in [3.05, 3.63) is 29.3 Å². The highest BCUT2D eigenvalue weighted by atomic mass is 16.7. The summed E-state index contributed by atoms with van der Waals surface area (Å²) in [5.74, 6) is 2.07. The van der Waals surface area contributed by atoms with E-state index in [0.717, 1.165) is 18.8 Å². The van der Waals surface area contributed by atoms with E-state index in [0.29, 0.717) is 18.6 Å². The number of ether oxygens (including phenoxy) is 2. The molecule has 24 heavy (non-hydrogen) atoms. The molecule has 2 aliphatic carbocycles. The molecule has 0 heterocycles. The van der Waals surface area contributed by atoms with Gasteiger partial charge in [0.15, 0.2) is 6.79 Å². The van der Waals surface area contributed by atoms with Crippen molar-refractivity contribution in [1.29, 1.82) is 0 Å². The number of rotatable bonds is 5. The molecule has 2 bridgehead atoms. The van der Waals surface area contributed by atoms with Crippen molar-refractivity contribution in [2.24, 2.45) is 17.6 Å². The molecule has 0 amide bonds. The summed E-state index contributed by atoms with van der Waals surface area (Å²) in [6.07, 6.45) is 7.53. The molecule has 1 aromatic rings. The first-order valence-electron chi connectivity index (χ1n) is 9.60. The van der Waals surface area contributed by atoms with Gasteiger partial charge in [-0.3, -0.25) is 0 Å². The first kappa shape index (κ1) is 17.8. The van der Waals surface area contributed by atoms with Gasteiger partial charge in [-0.1, -0.05) is 46.1 Å². The van der Waals surface area contributed by atoms with E-state index in [1.54, 1.807) is 0 Å². The topological polar surface area (TPSA) is 44.5 Å². The molecule has 1 aromatic carbocycles. The molecule has 3 nitrogen and oxygen atoms in total. The molecule has 0 saturated heterocycles. The Morgan fingerprint density at radius 2 is 2.08 bits per heavy atom. The minimum Gasteiger partial charge on any atom is -0.468 e. The van der Waals surface area contributed by atoms with Crippen molar-refractivity contribution in [3.8, 4) is 5.75 Å². The van der Waals surface area contributed by atoms with Crippen molar-refractivity contribution < 1.29 is 9.47 Å².